The van der Waals surface area contributed by atoms with Crippen molar-refractivity contribution in [3.63, 3.8) is 0 Å². The molecule has 106 valence electrons. The van der Waals surface area contributed by atoms with Crippen molar-refractivity contribution >= 4 is 21.6 Å². The molecule has 19 heavy (non-hydrogen) atoms. The summed E-state index contributed by atoms with van der Waals surface area (Å²) in [6, 6.07) is 7.28. The molecule has 0 amide bonds. The molecule has 3 nitrogen and oxygen atoms in total. The topological polar surface area (TPSA) is 46.2 Å². The maximum atomic E-state index is 11.4. The summed E-state index contributed by atoms with van der Waals surface area (Å²) in [5.74, 6) is 2.01. The molecular weight excluding hydrogens is 278 g/mol. The van der Waals surface area contributed by atoms with Crippen LogP contribution < -0.4 is 5.32 Å². The van der Waals surface area contributed by atoms with Crippen LogP contribution in [0.4, 0.5) is 0 Å². The first kappa shape index (κ1) is 16.3. The van der Waals surface area contributed by atoms with Crippen LogP contribution in [0, 0.1) is 0 Å². The van der Waals surface area contributed by atoms with E-state index in [0.717, 1.165) is 23.6 Å². The van der Waals surface area contributed by atoms with E-state index in [0.29, 0.717) is 4.90 Å². The molecule has 0 fully saturated rings. The molecule has 1 unspecified atom stereocenters. The van der Waals surface area contributed by atoms with E-state index in [1.807, 2.05) is 30.0 Å². The molecule has 1 aromatic carbocycles. The summed E-state index contributed by atoms with van der Waals surface area (Å²) in [5, 5.41) is 3.41. The number of thioether (sulfide) groups is 1. The lowest BCUT2D eigenvalue weighted by Gasteiger charge is -2.14. The summed E-state index contributed by atoms with van der Waals surface area (Å²) in [5.41, 5.74) is 1.10. The molecule has 0 saturated heterocycles. The Bertz CT molecular complexity index is 495. The van der Waals surface area contributed by atoms with E-state index in [-0.39, 0.29) is 6.04 Å². The van der Waals surface area contributed by atoms with Crippen molar-refractivity contribution in [2.45, 2.75) is 17.9 Å². The van der Waals surface area contributed by atoms with Gasteiger partial charge in [-0.1, -0.05) is 18.2 Å². The van der Waals surface area contributed by atoms with Crippen LogP contribution in [0.5, 0.6) is 0 Å². The fourth-order valence-electron chi connectivity index (χ4n) is 1.64. The van der Waals surface area contributed by atoms with Crippen LogP contribution in [0.15, 0.2) is 41.8 Å². The minimum absolute atomic E-state index is 0.220. The first-order valence-electron chi connectivity index (χ1n) is 6.17. The molecule has 1 N–H and O–H groups in total. The third-order valence-electron chi connectivity index (χ3n) is 2.74. The van der Waals surface area contributed by atoms with Crippen molar-refractivity contribution in [2.24, 2.45) is 0 Å². The van der Waals surface area contributed by atoms with Crippen molar-refractivity contribution < 1.29 is 8.42 Å². The van der Waals surface area contributed by atoms with Crippen molar-refractivity contribution in [1.29, 1.82) is 0 Å². The van der Waals surface area contributed by atoms with E-state index in [1.54, 1.807) is 12.1 Å². The zero-order valence-electron chi connectivity index (χ0n) is 11.4. The smallest absolute Gasteiger partial charge is 0.175 e. The Kier molecular flexibility index (Phi) is 6.62. The van der Waals surface area contributed by atoms with Gasteiger partial charge in [0.1, 0.15) is 0 Å². The summed E-state index contributed by atoms with van der Waals surface area (Å²) in [7, 11) is -3.11. The molecule has 1 atom stereocenters. The van der Waals surface area contributed by atoms with Crippen molar-refractivity contribution in [2.75, 3.05) is 24.3 Å². The number of nitrogens with one attached hydrogen (secondary N) is 1. The molecule has 0 heterocycles. The van der Waals surface area contributed by atoms with Gasteiger partial charge in [0.05, 0.1) is 4.90 Å². The molecule has 0 aliphatic carbocycles. The maximum Gasteiger partial charge on any atom is 0.175 e. The molecule has 0 saturated carbocycles. The first-order valence-corrected chi connectivity index (χ1v) is 9.22. The van der Waals surface area contributed by atoms with E-state index in [4.69, 9.17) is 0 Å². The van der Waals surface area contributed by atoms with Gasteiger partial charge in [-0.3, -0.25) is 0 Å². The van der Waals surface area contributed by atoms with E-state index in [1.165, 1.54) is 6.26 Å². The van der Waals surface area contributed by atoms with Crippen LogP contribution in [0.1, 0.15) is 18.5 Å². The first-order chi connectivity index (χ1) is 8.95. The van der Waals surface area contributed by atoms with Gasteiger partial charge in [-0.15, -0.1) is 6.58 Å². The Balaban J connectivity index is 2.49. The molecular formula is C14H21NO2S2. The monoisotopic (exact) mass is 299 g/mol. The molecule has 0 aliphatic heterocycles. The number of hydrogen-bond donors (Lipinski definition) is 1. The second-order valence-corrected chi connectivity index (χ2v) is 7.55. The number of sulfone groups is 1. The molecule has 0 spiro atoms. The van der Waals surface area contributed by atoms with Crippen molar-refractivity contribution in [3.05, 3.63) is 42.5 Å². The molecule has 0 bridgehead atoms. The van der Waals surface area contributed by atoms with Crippen molar-refractivity contribution in [1.82, 2.24) is 5.32 Å². The zero-order chi connectivity index (χ0) is 14.3. The lowest BCUT2D eigenvalue weighted by Crippen LogP contribution is -2.21. The summed E-state index contributed by atoms with van der Waals surface area (Å²) in [6.45, 7) is 6.68. The fraction of sp³-hybridized carbons (Fsp3) is 0.429. The molecule has 0 radical (unpaired) electrons. The number of benzene rings is 1. The number of hydrogen-bond acceptors (Lipinski definition) is 4. The molecule has 1 aromatic rings. The Labute approximate surface area is 120 Å². The SMILES string of the molecule is C=CCSCCNC(C)c1ccc(S(C)(=O)=O)cc1. The van der Waals surface area contributed by atoms with Crippen LogP contribution in [-0.2, 0) is 9.84 Å². The summed E-state index contributed by atoms with van der Waals surface area (Å²) < 4.78 is 22.7. The third kappa shape index (κ3) is 5.80. The van der Waals surface area contributed by atoms with Crippen molar-refractivity contribution in [3.8, 4) is 0 Å². The second kappa shape index (κ2) is 7.72. The van der Waals surface area contributed by atoms with Gasteiger partial charge in [0.15, 0.2) is 9.84 Å². The van der Waals surface area contributed by atoms with E-state index in [2.05, 4.69) is 18.8 Å². The third-order valence-corrected chi connectivity index (χ3v) is 4.83. The Hall–Kier alpha value is -0.780. The zero-order valence-corrected chi connectivity index (χ0v) is 13.1. The summed E-state index contributed by atoms with van der Waals surface area (Å²) in [4.78, 5) is 0.366. The van der Waals surface area contributed by atoms with Crippen LogP contribution in [-0.4, -0.2) is 32.7 Å². The Morgan fingerprint density at radius 2 is 2.00 bits per heavy atom. The molecule has 5 heteroatoms. The van der Waals surface area contributed by atoms with E-state index >= 15 is 0 Å². The van der Waals surface area contributed by atoms with Gasteiger partial charge in [-0.25, -0.2) is 8.42 Å². The predicted molar refractivity (Wildman–Crippen MR) is 83.5 cm³/mol. The predicted octanol–water partition coefficient (Wildman–Crippen LogP) is 2.66. The second-order valence-electron chi connectivity index (χ2n) is 4.38. The quantitative estimate of drug-likeness (QED) is 0.592. The van der Waals surface area contributed by atoms with Crippen LogP contribution in [0.2, 0.25) is 0 Å². The van der Waals surface area contributed by atoms with E-state index in [9.17, 15) is 8.42 Å². The average Bonchev–Trinajstić information content (AvgIpc) is 2.37. The molecule has 1 rings (SSSR count). The van der Waals surface area contributed by atoms with Gasteiger partial charge >= 0.3 is 0 Å². The number of rotatable bonds is 8. The van der Waals surface area contributed by atoms with Crippen LogP contribution in [0.25, 0.3) is 0 Å². The van der Waals surface area contributed by atoms with E-state index < -0.39 is 9.84 Å². The lowest BCUT2D eigenvalue weighted by atomic mass is 10.1. The Morgan fingerprint density at radius 1 is 1.37 bits per heavy atom. The highest BCUT2D eigenvalue weighted by atomic mass is 32.2. The summed E-state index contributed by atoms with van der Waals surface area (Å²) in [6.07, 6.45) is 3.12. The van der Waals surface area contributed by atoms with Crippen LogP contribution >= 0.6 is 11.8 Å². The van der Waals surface area contributed by atoms with Gasteiger partial charge in [0.2, 0.25) is 0 Å². The van der Waals surface area contributed by atoms with Gasteiger partial charge in [0, 0.05) is 30.3 Å². The molecule has 0 aliphatic rings. The highest BCUT2D eigenvalue weighted by Gasteiger charge is 2.08. The van der Waals surface area contributed by atoms with Gasteiger partial charge < -0.3 is 5.32 Å². The van der Waals surface area contributed by atoms with Gasteiger partial charge in [-0.05, 0) is 24.6 Å². The highest BCUT2D eigenvalue weighted by molar-refractivity contribution is 7.99. The largest absolute Gasteiger partial charge is 0.309 e. The fourth-order valence-corrected chi connectivity index (χ4v) is 2.86. The lowest BCUT2D eigenvalue weighted by molar-refractivity contribution is 0.597. The van der Waals surface area contributed by atoms with Crippen LogP contribution in [0.3, 0.4) is 0 Å². The highest BCUT2D eigenvalue weighted by Crippen LogP contribution is 2.16. The minimum atomic E-state index is -3.11. The summed E-state index contributed by atoms with van der Waals surface area (Å²) >= 11 is 1.84. The van der Waals surface area contributed by atoms with Gasteiger partial charge in [-0.2, -0.15) is 11.8 Å². The normalized spacial score (nSPS) is 13.2. The minimum Gasteiger partial charge on any atom is -0.309 e. The Morgan fingerprint density at radius 3 is 2.53 bits per heavy atom. The standard InChI is InChI=1S/C14H21NO2S2/c1-4-10-18-11-9-15-12(2)13-5-7-14(8-6-13)19(3,16)17/h4-8,12,15H,1,9-11H2,2-3H3. The molecule has 0 aromatic heterocycles. The van der Waals surface area contributed by atoms with Gasteiger partial charge in [0.25, 0.3) is 0 Å². The maximum absolute atomic E-state index is 11.4. The average molecular weight is 299 g/mol.